The van der Waals surface area contributed by atoms with Gasteiger partial charge < -0.3 is 5.11 Å². The highest BCUT2D eigenvalue weighted by Crippen LogP contribution is 2.33. The second kappa shape index (κ2) is 5.86. The van der Waals surface area contributed by atoms with Crippen molar-refractivity contribution in [3.8, 4) is 0 Å². The van der Waals surface area contributed by atoms with E-state index in [1.807, 2.05) is 31.2 Å². The number of sulfone groups is 1. The fraction of sp³-hybridized carbons (Fsp3) is 0.625. The smallest absolute Gasteiger partial charge is 0.159 e. The van der Waals surface area contributed by atoms with Crippen LogP contribution in [-0.4, -0.2) is 24.9 Å². The van der Waals surface area contributed by atoms with Gasteiger partial charge in [0.05, 0.1) is 16.6 Å². The zero-order valence-corrected chi connectivity index (χ0v) is 13.1. The molecule has 1 fully saturated rings. The first kappa shape index (κ1) is 15.5. The first-order valence-corrected chi connectivity index (χ1v) is 9.04. The number of hydrogen-bond donors (Lipinski definition) is 1. The molecular formula is C16H24O3S. The minimum absolute atomic E-state index is 0.116. The van der Waals surface area contributed by atoms with Crippen molar-refractivity contribution in [3.05, 3.63) is 35.4 Å². The maximum absolute atomic E-state index is 12.6. The number of rotatable bonds is 4. The Balaban J connectivity index is 2.17. The molecule has 1 aromatic rings. The monoisotopic (exact) mass is 296 g/mol. The van der Waals surface area contributed by atoms with Crippen molar-refractivity contribution >= 4 is 9.84 Å². The molecule has 1 aliphatic carbocycles. The summed E-state index contributed by atoms with van der Waals surface area (Å²) in [6, 6.07) is 7.59. The van der Waals surface area contributed by atoms with Gasteiger partial charge in [-0.1, -0.05) is 49.1 Å². The first-order valence-electron chi connectivity index (χ1n) is 7.33. The molecule has 1 saturated carbocycles. The summed E-state index contributed by atoms with van der Waals surface area (Å²) in [7, 11) is -3.34. The first-order chi connectivity index (χ1) is 9.32. The SMILES string of the molecule is Cc1cccc(C(C)S(=O)(=O)CC2(O)CCCCC2)c1. The minimum atomic E-state index is -3.34. The molecule has 0 aliphatic heterocycles. The summed E-state index contributed by atoms with van der Waals surface area (Å²) in [5, 5.41) is 9.92. The lowest BCUT2D eigenvalue weighted by Gasteiger charge is -2.32. The van der Waals surface area contributed by atoms with E-state index < -0.39 is 20.7 Å². The van der Waals surface area contributed by atoms with Gasteiger partial charge in [-0.3, -0.25) is 0 Å². The normalized spacial score (nSPS) is 20.6. The van der Waals surface area contributed by atoms with Crippen LogP contribution in [0.4, 0.5) is 0 Å². The topological polar surface area (TPSA) is 54.4 Å². The second-order valence-corrected chi connectivity index (χ2v) is 8.47. The summed E-state index contributed by atoms with van der Waals surface area (Å²) in [6.45, 7) is 3.67. The maximum Gasteiger partial charge on any atom is 0.159 e. The molecule has 2 rings (SSSR count). The number of aryl methyl sites for hydroxylation is 1. The van der Waals surface area contributed by atoms with E-state index in [1.54, 1.807) is 6.92 Å². The Morgan fingerprint density at radius 2 is 1.90 bits per heavy atom. The molecule has 0 bridgehead atoms. The van der Waals surface area contributed by atoms with Gasteiger partial charge in [0.2, 0.25) is 0 Å². The van der Waals surface area contributed by atoms with Crippen molar-refractivity contribution in [3.63, 3.8) is 0 Å². The fourth-order valence-electron chi connectivity index (χ4n) is 2.98. The molecule has 0 aromatic heterocycles. The van der Waals surface area contributed by atoms with Crippen LogP contribution in [0.25, 0.3) is 0 Å². The molecule has 1 unspecified atom stereocenters. The zero-order valence-electron chi connectivity index (χ0n) is 12.3. The van der Waals surface area contributed by atoms with Crippen LogP contribution in [0, 0.1) is 6.92 Å². The second-order valence-electron chi connectivity index (χ2n) is 6.15. The molecule has 0 heterocycles. The Labute approximate surface area is 121 Å². The Kier molecular flexibility index (Phi) is 4.55. The molecule has 1 N–H and O–H groups in total. The van der Waals surface area contributed by atoms with Crippen LogP contribution in [0.1, 0.15) is 55.4 Å². The van der Waals surface area contributed by atoms with E-state index in [9.17, 15) is 13.5 Å². The van der Waals surface area contributed by atoms with Crippen LogP contribution in [-0.2, 0) is 9.84 Å². The Bertz CT molecular complexity index is 557. The van der Waals surface area contributed by atoms with Gasteiger partial charge in [0.1, 0.15) is 0 Å². The number of aliphatic hydroxyl groups is 1. The third-order valence-corrected chi connectivity index (χ3v) is 6.59. The van der Waals surface area contributed by atoms with Gasteiger partial charge >= 0.3 is 0 Å². The summed E-state index contributed by atoms with van der Waals surface area (Å²) in [5.74, 6) is -0.116. The van der Waals surface area contributed by atoms with E-state index in [0.717, 1.165) is 30.4 Å². The van der Waals surface area contributed by atoms with Gasteiger partial charge in [0.15, 0.2) is 9.84 Å². The molecular weight excluding hydrogens is 272 g/mol. The molecule has 20 heavy (non-hydrogen) atoms. The van der Waals surface area contributed by atoms with Crippen LogP contribution in [0.5, 0.6) is 0 Å². The molecule has 4 heteroatoms. The summed E-state index contributed by atoms with van der Waals surface area (Å²) < 4.78 is 25.1. The maximum atomic E-state index is 12.6. The molecule has 1 aromatic carbocycles. The fourth-order valence-corrected chi connectivity index (χ4v) is 4.83. The highest BCUT2D eigenvalue weighted by Gasteiger charge is 2.37. The van der Waals surface area contributed by atoms with Crippen LogP contribution in [0.15, 0.2) is 24.3 Å². The summed E-state index contributed by atoms with van der Waals surface area (Å²) in [6.07, 6.45) is 4.14. The third kappa shape index (κ3) is 3.61. The van der Waals surface area contributed by atoms with E-state index in [0.29, 0.717) is 12.8 Å². The highest BCUT2D eigenvalue weighted by atomic mass is 32.2. The van der Waals surface area contributed by atoms with Crippen molar-refractivity contribution < 1.29 is 13.5 Å². The molecule has 3 nitrogen and oxygen atoms in total. The van der Waals surface area contributed by atoms with Crippen molar-refractivity contribution in [2.24, 2.45) is 0 Å². The minimum Gasteiger partial charge on any atom is -0.389 e. The summed E-state index contributed by atoms with van der Waals surface area (Å²) in [5.41, 5.74) is 0.847. The molecule has 112 valence electrons. The average molecular weight is 296 g/mol. The molecule has 0 amide bonds. The van der Waals surface area contributed by atoms with E-state index in [-0.39, 0.29) is 5.75 Å². The molecule has 0 spiro atoms. The largest absolute Gasteiger partial charge is 0.389 e. The standard InChI is InChI=1S/C16H24O3S/c1-13-7-6-8-15(11-13)14(2)20(18,19)12-16(17)9-4-3-5-10-16/h6-8,11,14,17H,3-5,9-10,12H2,1-2H3. The van der Waals surface area contributed by atoms with Crippen molar-refractivity contribution in [2.45, 2.75) is 56.8 Å². The van der Waals surface area contributed by atoms with Crippen LogP contribution in [0.2, 0.25) is 0 Å². The molecule has 0 radical (unpaired) electrons. The van der Waals surface area contributed by atoms with E-state index >= 15 is 0 Å². The Morgan fingerprint density at radius 1 is 1.25 bits per heavy atom. The lowest BCUT2D eigenvalue weighted by atomic mass is 9.86. The van der Waals surface area contributed by atoms with Crippen LogP contribution >= 0.6 is 0 Å². The van der Waals surface area contributed by atoms with E-state index in [2.05, 4.69) is 0 Å². The van der Waals surface area contributed by atoms with Crippen molar-refractivity contribution in [1.82, 2.24) is 0 Å². The van der Waals surface area contributed by atoms with E-state index in [4.69, 9.17) is 0 Å². The van der Waals surface area contributed by atoms with Gasteiger partial charge in [-0.05, 0) is 32.3 Å². The van der Waals surface area contributed by atoms with Gasteiger partial charge in [-0.15, -0.1) is 0 Å². The third-order valence-electron chi connectivity index (χ3n) is 4.30. The molecule has 1 atom stereocenters. The summed E-state index contributed by atoms with van der Waals surface area (Å²) in [4.78, 5) is 0. The quantitative estimate of drug-likeness (QED) is 0.928. The van der Waals surface area contributed by atoms with Crippen LogP contribution in [0.3, 0.4) is 0 Å². The highest BCUT2D eigenvalue weighted by molar-refractivity contribution is 7.91. The molecule has 0 saturated heterocycles. The van der Waals surface area contributed by atoms with Crippen LogP contribution < -0.4 is 0 Å². The Hall–Kier alpha value is -0.870. The van der Waals surface area contributed by atoms with Crippen molar-refractivity contribution in [1.29, 1.82) is 0 Å². The average Bonchev–Trinajstić information content (AvgIpc) is 2.37. The van der Waals surface area contributed by atoms with Gasteiger partial charge in [-0.2, -0.15) is 0 Å². The lowest BCUT2D eigenvalue weighted by Crippen LogP contribution is -2.40. The van der Waals surface area contributed by atoms with Gasteiger partial charge in [0, 0.05) is 0 Å². The van der Waals surface area contributed by atoms with Gasteiger partial charge in [-0.25, -0.2) is 8.42 Å². The number of benzene rings is 1. The Morgan fingerprint density at radius 3 is 2.50 bits per heavy atom. The lowest BCUT2D eigenvalue weighted by molar-refractivity contribution is 0.0256. The number of hydrogen-bond acceptors (Lipinski definition) is 3. The van der Waals surface area contributed by atoms with E-state index in [1.165, 1.54) is 0 Å². The van der Waals surface area contributed by atoms with Gasteiger partial charge in [0.25, 0.3) is 0 Å². The predicted molar refractivity (Wildman–Crippen MR) is 81.4 cm³/mol. The van der Waals surface area contributed by atoms with Crippen molar-refractivity contribution in [2.75, 3.05) is 5.75 Å². The molecule has 1 aliphatic rings. The zero-order chi connectivity index (χ0) is 14.8. The predicted octanol–water partition coefficient (Wildman–Crippen LogP) is 3.17. The summed E-state index contributed by atoms with van der Waals surface area (Å²) >= 11 is 0.